The molecule has 0 saturated carbocycles. The van der Waals surface area contributed by atoms with Crippen molar-refractivity contribution in [3.05, 3.63) is 17.1 Å². The normalized spacial score (nSPS) is 14.5. The van der Waals surface area contributed by atoms with Gasteiger partial charge in [0, 0.05) is 12.8 Å². The third-order valence-electron chi connectivity index (χ3n) is 2.85. The van der Waals surface area contributed by atoms with Crippen molar-refractivity contribution in [1.29, 1.82) is 0 Å². The summed E-state index contributed by atoms with van der Waals surface area (Å²) in [5.74, 6) is 1.55. The van der Waals surface area contributed by atoms with E-state index >= 15 is 0 Å². The molecule has 0 spiro atoms. The first-order valence-corrected chi connectivity index (χ1v) is 6.00. The molecule has 1 aliphatic heterocycles. The largest absolute Gasteiger partial charge is 0.481 e. The van der Waals surface area contributed by atoms with Crippen LogP contribution in [0.1, 0.15) is 23.5 Å². The molecule has 0 unspecified atom stereocenters. The number of ether oxygens (including phenoxy) is 2. The van der Waals surface area contributed by atoms with Gasteiger partial charge in [0.1, 0.15) is 5.82 Å². The summed E-state index contributed by atoms with van der Waals surface area (Å²) >= 11 is 0. The summed E-state index contributed by atoms with van der Waals surface area (Å²) in [6.07, 6.45) is 2.77. The Hall–Kier alpha value is -1.20. The molecule has 0 bridgehead atoms. The van der Waals surface area contributed by atoms with Crippen LogP contribution < -0.4 is 10.1 Å². The lowest BCUT2D eigenvalue weighted by atomic mass is 10.1. The van der Waals surface area contributed by atoms with Crippen LogP contribution in [0.2, 0.25) is 0 Å². The summed E-state index contributed by atoms with van der Waals surface area (Å²) in [7, 11) is 3.60. The summed E-state index contributed by atoms with van der Waals surface area (Å²) in [5, 5.41) is 3.12. The van der Waals surface area contributed by atoms with Crippen molar-refractivity contribution in [2.24, 2.45) is 0 Å². The number of methoxy groups -OCH3 is 1. The Bertz CT molecular complexity index is 365. The highest BCUT2D eigenvalue weighted by molar-refractivity contribution is 5.31. The Kier molecular flexibility index (Phi) is 4.28. The molecule has 1 aromatic rings. The molecule has 2 heterocycles. The number of hydrogen-bond acceptors (Lipinski definition) is 5. The zero-order valence-corrected chi connectivity index (χ0v) is 10.5. The SMILES string of the molecule is CNCCCc1nc2c(c(OC)n1)COCC2. The highest BCUT2D eigenvalue weighted by Gasteiger charge is 2.18. The van der Waals surface area contributed by atoms with E-state index in [2.05, 4.69) is 15.3 Å². The first-order valence-electron chi connectivity index (χ1n) is 6.00. The lowest BCUT2D eigenvalue weighted by Gasteiger charge is -2.18. The van der Waals surface area contributed by atoms with E-state index in [-0.39, 0.29) is 0 Å². The van der Waals surface area contributed by atoms with Crippen LogP contribution in [0, 0.1) is 0 Å². The van der Waals surface area contributed by atoms with E-state index < -0.39 is 0 Å². The minimum absolute atomic E-state index is 0.565. The van der Waals surface area contributed by atoms with Crippen molar-refractivity contribution in [2.75, 3.05) is 27.3 Å². The summed E-state index contributed by atoms with van der Waals surface area (Å²) < 4.78 is 10.7. The zero-order chi connectivity index (χ0) is 12.1. The van der Waals surface area contributed by atoms with Crippen LogP contribution in [0.4, 0.5) is 0 Å². The molecule has 1 N–H and O–H groups in total. The average Bonchev–Trinajstić information content (AvgIpc) is 2.38. The Morgan fingerprint density at radius 1 is 1.41 bits per heavy atom. The van der Waals surface area contributed by atoms with Crippen LogP contribution in [-0.4, -0.2) is 37.3 Å². The Morgan fingerprint density at radius 3 is 3.06 bits per heavy atom. The molecule has 94 valence electrons. The average molecular weight is 237 g/mol. The van der Waals surface area contributed by atoms with E-state index in [0.717, 1.165) is 49.5 Å². The Labute approximate surface area is 102 Å². The molecule has 0 saturated heterocycles. The van der Waals surface area contributed by atoms with Gasteiger partial charge < -0.3 is 14.8 Å². The fraction of sp³-hybridized carbons (Fsp3) is 0.667. The smallest absolute Gasteiger partial charge is 0.222 e. The predicted octanol–water partition coefficient (Wildman–Crippen LogP) is 0.710. The first-order chi connectivity index (χ1) is 8.35. The second-order valence-electron chi connectivity index (χ2n) is 4.08. The minimum atomic E-state index is 0.565. The van der Waals surface area contributed by atoms with Gasteiger partial charge >= 0.3 is 0 Å². The zero-order valence-electron chi connectivity index (χ0n) is 10.5. The number of fused-ring (bicyclic) bond motifs is 1. The number of aryl methyl sites for hydroxylation is 1. The van der Waals surface area contributed by atoms with Crippen molar-refractivity contribution < 1.29 is 9.47 Å². The quantitative estimate of drug-likeness (QED) is 0.764. The standard InChI is InChI=1S/C12H19N3O2/c1-13-6-3-4-11-14-10-5-7-17-8-9(10)12(15-11)16-2/h13H,3-8H2,1-2H3. The second kappa shape index (κ2) is 5.93. The highest BCUT2D eigenvalue weighted by atomic mass is 16.5. The van der Waals surface area contributed by atoms with Crippen LogP contribution >= 0.6 is 0 Å². The fourth-order valence-corrected chi connectivity index (χ4v) is 1.96. The van der Waals surface area contributed by atoms with Gasteiger partial charge in [-0.25, -0.2) is 4.98 Å². The monoisotopic (exact) mass is 237 g/mol. The Balaban J connectivity index is 2.17. The molecular weight excluding hydrogens is 218 g/mol. The maximum absolute atomic E-state index is 5.41. The molecule has 2 rings (SSSR count). The van der Waals surface area contributed by atoms with E-state index in [4.69, 9.17) is 9.47 Å². The Morgan fingerprint density at radius 2 is 2.29 bits per heavy atom. The molecule has 1 aromatic heterocycles. The van der Waals surface area contributed by atoms with Crippen LogP contribution in [0.25, 0.3) is 0 Å². The fourth-order valence-electron chi connectivity index (χ4n) is 1.96. The van der Waals surface area contributed by atoms with Crippen molar-refractivity contribution in [1.82, 2.24) is 15.3 Å². The van der Waals surface area contributed by atoms with Crippen molar-refractivity contribution in [3.63, 3.8) is 0 Å². The van der Waals surface area contributed by atoms with E-state index in [9.17, 15) is 0 Å². The van der Waals surface area contributed by atoms with E-state index in [1.165, 1.54) is 0 Å². The lowest BCUT2D eigenvalue weighted by Crippen LogP contribution is -2.17. The van der Waals surface area contributed by atoms with Crippen LogP contribution in [0.3, 0.4) is 0 Å². The van der Waals surface area contributed by atoms with Gasteiger partial charge in [-0.05, 0) is 20.0 Å². The van der Waals surface area contributed by atoms with Crippen molar-refractivity contribution in [3.8, 4) is 5.88 Å². The molecule has 17 heavy (non-hydrogen) atoms. The molecule has 0 amide bonds. The maximum Gasteiger partial charge on any atom is 0.222 e. The van der Waals surface area contributed by atoms with Gasteiger partial charge in [0.25, 0.3) is 0 Å². The lowest BCUT2D eigenvalue weighted by molar-refractivity contribution is 0.106. The highest BCUT2D eigenvalue weighted by Crippen LogP contribution is 2.23. The molecule has 5 heteroatoms. The van der Waals surface area contributed by atoms with Crippen LogP contribution in [0.15, 0.2) is 0 Å². The minimum Gasteiger partial charge on any atom is -0.481 e. The topological polar surface area (TPSA) is 56.3 Å². The van der Waals surface area contributed by atoms with E-state index in [0.29, 0.717) is 12.5 Å². The van der Waals surface area contributed by atoms with Gasteiger partial charge in [0.05, 0.1) is 31.6 Å². The van der Waals surface area contributed by atoms with Gasteiger partial charge in [-0.2, -0.15) is 4.98 Å². The van der Waals surface area contributed by atoms with Gasteiger partial charge in [-0.3, -0.25) is 0 Å². The number of aromatic nitrogens is 2. The maximum atomic E-state index is 5.41. The molecule has 0 atom stereocenters. The van der Waals surface area contributed by atoms with Crippen molar-refractivity contribution in [2.45, 2.75) is 25.9 Å². The summed E-state index contributed by atoms with van der Waals surface area (Å²) in [5.41, 5.74) is 2.10. The summed E-state index contributed by atoms with van der Waals surface area (Å²) in [6, 6.07) is 0. The van der Waals surface area contributed by atoms with E-state index in [1.54, 1.807) is 7.11 Å². The van der Waals surface area contributed by atoms with Gasteiger partial charge in [0.15, 0.2) is 0 Å². The molecule has 1 aliphatic rings. The second-order valence-corrected chi connectivity index (χ2v) is 4.08. The molecule has 0 aromatic carbocycles. The molecule has 0 radical (unpaired) electrons. The first kappa shape index (κ1) is 12.3. The van der Waals surface area contributed by atoms with Gasteiger partial charge in [-0.1, -0.05) is 0 Å². The van der Waals surface area contributed by atoms with E-state index in [1.807, 2.05) is 7.05 Å². The number of rotatable bonds is 5. The number of hydrogen-bond donors (Lipinski definition) is 1. The van der Waals surface area contributed by atoms with Crippen LogP contribution in [-0.2, 0) is 24.2 Å². The third kappa shape index (κ3) is 2.92. The third-order valence-corrected chi connectivity index (χ3v) is 2.85. The molecular formula is C12H19N3O2. The summed E-state index contributed by atoms with van der Waals surface area (Å²) in [6.45, 7) is 2.28. The number of nitrogens with one attached hydrogen (secondary N) is 1. The van der Waals surface area contributed by atoms with Crippen molar-refractivity contribution >= 4 is 0 Å². The number of nitrogens with zero attached hydrogens (tertiary/aromatic N) is 2. The predicted molar refractivity (Wildman–Crippen MR) is 64.2 cm³/mol. The van der Waals surface area contributed by atoms with Gasteiger partial charge in [0.2, 0.25) is 5.88 Å². The summed E-state index contributed by atoms with van der Waals surface area (Å²) in [4.78, 5) is 9.03. The van der Waals surface area contributed by atoms with Crippen LogP contribution in [0.5, 0.6) is 5.88 Å². The molecule has 0 aliphatic carbocycles. The molecule has 5 nitrogen and oxygen atoms in total. The molecule has 0 fully saturated rings. The van der Waals surface area contributed by atoms with Gasteiger partial charge in [-0.15, -0.1) is 0 Å².